The van der Waals surface area contributed by atoms with Gasteiger partial charge in [0.15, 0.2) is 0 Å². The third-order valence-electron chi connectivity index (χ3n) is 3.33. The average Bonchev–Trinajstić information content (AvgIpc) is 2.66. The van der Waals surface area contributed by atoms with Crippen LogP contribution in [0.1, 0.15) is 0 Å². The van der Waals surface area contributed by atoms with Crippen LogP contribution in [0.25, 0.3) is 0 Å². The first-order chi connectivity index (χ1) is 12.6. The Morgan fingerprint density at radius 2 is 1.08 bits per heavy atom. The summed E-state index contributed by atoms with van der Waals surface area (Å²) in [6, 6.07) is 17.0. The Morgan fingerprint density at radius 3 is 1.42 bits per heavy atom. The van der Waals surface area contributed by atoms with Crippen molar-refractivity contribution >= 4 is 44.8 Å². The normalized spacial score (nSPS) is 12.8. The van der Waals surface area contributed by atoms with Crippen molar-refractivity contribution in [2.75, 3.05) is 22.1 Å². The Bertz CT molecular complexity index is 639. The highest BCUT2D eigenvalue weighted by atomic mass is 33.1. The summed E-state index contributed by atoms with van der Waals surface area (Å²) in [6.45, 7) is 0. The number of nitrogens with one attached hydrogen (secondary N) is 2. The molecule has 0 heterocycles. The molecule has 2 aromatic rings. The molecule has 6 N–H and O–H groups in total. The Labute approximate surface area is 160 Å². The van der Waals surface area contributed by atoms with E-state index in [1.807, 2.05) is 36.4 Å². The standard InChI is InChI=1S/C18H22N4O2S2/c19-15(17(23)21-13-7-3-1-4-8-13)11-25-26-12-16(20)18(24)22-14-9-5-2-6-10-14/h1-10,15-16H,11-12,19-20H2,(H,21,23)(H,22,24)/t15-,16?/m0/s1. The Balaban J connectivity index is 1.64. The highest BCUT2D eigenvalue weighted by Gasteiger charge is 2.16. The fraction of sp³-hybridized carbons (Fsp3) is 0.222. The van der Waals surface area contributed by atoms with Gasteiger partial charge < -0.3 is 22.1 Å². The molecule has 0 saturated carbocycles. The second-order valence-corrected chi connectivity index (χ2v) is 8.04. The van der Waals surface area contributed by atoms with Gasteiger partial charge in [0.25, 0.3) is 0 Å². The van der Waals surface area contributed by atoms with Gasteiger partial charge in [0.05, 0.1) is 12.1 Å². The van der Waals surface area contributed by atoms with Crippen molar-refractivity contribution in [3.05, 3.63) is 60.7 Å². The van der Waals surface area contributed by atoms with Crippen LogP contribution in [0.15, 0.2) is 60.7 Å². The fourth-order valence-electron chi connectivity index (χ4n) is 1.91. The molecule has 2 rings (SSSR count). The zero-order valence-electron chi connectivity index (χ0n) is 14.1. The van der Waals surface area contributed by atoms with Gasteiger partial charge in [0, 0.05) is 22.9 Å². The summed E-state index contributed by atoms with van der Waals surface area (Å²) >= 11 is 0. The van der Waals surface area contributed by atoms with Crippen LogP contribution in [0.2, 0.25) is 0 Å². The van der Waals surface area contributed by atoms with Crippen molar-refractivity contribution in [3.8, 4) is 0 Å². The number of amides is 2. The summed E-state index contributed by atoms with van der Waals surface area (Å²) in [5.41, 5.74) is 13.2. The van der Waals surface area contributed by atoms with Crippen molar-refractivity contribution in [3.63, 3.8) is 0 Å². The zero-order valence-corrected chi connectivity index (χ0v) is 15.8. The van der Waals surface area contributed by atoms with Crippen molar-refractivity contribution in [2.24, 2.45) is 11.5 Å². The Hall–Kier alpha value is -2.00. The molecule has 1 unspecified atom stereocenters. The van der Waals surface area contributed by atoms with Crippen LogP contribution < -0.4 is 22.1 Å². The molecule has 8 heteroatoms. The topological polar surface area (TPSA) is 110 Å². The maximum atomic E-state index is 12.0. The first-order valence-corrected chi connectivity index (χ1v) is 10.5. The molecule has 0 bridgehead atoms. The number of anilines is 2. The minimum atomic E-state index is -0.637. The highest BCUT2D eigenvalue weighted by molar-refractivity contribution is 8.76. The summed E-state index contributed by atoms with van der Waals surface area (Å²) in [7, 11) is 2.85. The molecule has 0 aromatic heterocycles. The molecule has 2 amide bonds. The molecule has 0 aliphatic carbocycles. The third kappa shape index (κ3) is 7.09. The molecule has 6 nitrogen and oxygen atoms in total. The molecule has 0 saturated heterocycles. The van der Waals surface area contributed by atoms with Crippen LogP contribution >= 0.6 is 21.6 Å². The van der Waals surface area contributed by atoms with E-state index in [4.69, 9.17) is 11.5 Å². The molecule has 2 atom stereocenters. The average molecular weight is 391 g/mol. The van der Waals surface area contributed by atoms with E-state index in [1.54, 1.807) is 24.3 Å². The lowest BCUT2D eigenvalue weighted by atomic mass is 10.3. The first-order valence-electron chi connectivity index (χ1n) is 8.03. The second kappa shape index (κ2) is 10.9. The largest absolute Gasteiger partial charge is 0.325 e. The molecular weight excluding hydrogens is 368 g/mol. The van der Waals surface area contributed by atoms with E-state index in [1.165, 1.54) is 21.6 Å². The predicted molar refractivity (Wildman–Crippen MR) is 111 cm³/mol. The van der Waals surface area contributed by atoms with E-state index >= 15 is 0 Å². The maximum absolute atomic E-state index is 12.0. The van der Waals surface area contributed by atoms with Crippen molar-refractivity contribution in [1.82, 2.24) is 0 Å². The van der Waals surface area contributed by atoms with Gasteiger partial charge in [-0.25, -0.2) is 0 Å². The molecule has 0 radical (unpaired) electrons. The van der Waals surface area contributed by atoms with E-state index in [-0.39, 0.29) is 11.8 Å². The zero-order chi connectivity index (χ0) is 18.8. The Morgan fingerprint density at radius 1 is 0.731 bits per heavy atom. The smallest absolute Gasteiger partial charge is 0.242 e. The minimum Gasteiger partial charge on any atom is -0.325 e. The van der Waals surface area contributed by atoms with Crippen LogP contribution in [0.3, 0.4) is 0 Å². The van der Waals surface area contributed by atoms with E-state index in [0.717, 1.165) is 0 Å². The lowest BCUT2D eigenvalue weighted by molar-refractivity contribution is -0.117. The van der Waals surface area contributed by atoms with Crippen LogP contribution in [0, 0.1) is 0 Å². The highest BCUT2D eigenvalue weighted by Crippen LogP contribution is 2.22. The summed E-state index contributed by atoms with van der Waals surface area (Å²) in [5.74, 6) is 0.373. The van der Waals surface area contributed by atoms with Crippen LogP contribution in [0.4, 0.5) is 11.4 Å². The van der Waals surface area contributed by atoms with E-state index in [9.17, 15) is 9.59 Å². The van der Waals surface area contributed by atoms with Crippen molar-refractivity contribution < 1.29 is 9.59 Å². The van der Waals surface area contributed by atoms with E-state index < -0.39 is 12.1 Å². The lowest BCUT2D eigenvalue weighted by Gasteiger charge is -2.13. The molecule has 0 spiro atoms. The third-order valence-corrected chi connectivity index (χ3v) is 5.81. The van der Waals surface area contributed by atoms with Gasteiger partial charge in [-0.1, -0.05) is 58.0 Å². The molecule has 26 heavy (non-hydrogen) atoms. The number of carbonyl (C=O) groups excluding carboxylic acids is 2. The first kappa shape index (κ1) is 20.3. The van der Waals surface area contributed by atoms with Gasteiger partial charge >= 0.3 is 0 Å². The maximum Gasteiger partial charge on any atom is 0.242 e. The van der Waals surface area contributed by atoms with Crippen LogP contribution in [-0.4, -0.2) is 35.4 Å². The summed E-state index contributed by atoms with van der Waals surface area (Å²) < 4.78 is 0. The van der Waals surface area contributed by atoms with Gasteiger partial charge in [0.1, 0.15) is 0 Å². The molecule has 0 fully saturated rings. The molecule has 2 aromatic carbocycles. The summed E-state index contributed by atoms with van der Waals surface area (Å²) in [5, 5.41) is 5.52. The number of benzene rings is 2. The van der Waals surface area contributed by atoms with E-state index in [2.05, 4.69) is 10.6 Å². The molecule has 0 aliphatic rings. The van der Waals surface area contributed by atoms with Crippen molar-refractivity contribution in [2.45, 2.75) is 12.1 Å². The van der Waals surface area contributed by atoms with Crippen LogP contribution in [-0.2, 0) is 9.59 Å². The second-order valence-electron chi connectivity index (χ2n) is 5.49. The monoisotopic (exact) mass is 390 g/mol. The quantitative estimate of drug-likeness (QED) is 0.386. The number of hydrogen-bond donors (Lipinski definition) is 4. The lowest BCUT2D eigenvalue weighted by Crippen LogP contribution is -2.38. The summed E-state index contributed by atoms with van der Waals surface area (Å²) in [4.78, 5) is 24.0. The molecule has 0 aliphatic heterocycles. The molecule has 138 valence electrons. The van der Waals surface area contributed by atoms with Crippen molar-refractivity contribution in [1.29, 1.82) is 0 Å². The SMILES string of the molecule is NC(CSSC[C@H](N)C(=O)Nc1ccccc1)C(=O)Nc1ccccc1. The number of para-hydroxylation sites is 2. The van der Waals surface area contributed by atoms with Gasteiger partial charge in [-0.3, -0.25) is 9.59 Å². The van der Waals surface area contributed by atoms with Gasteiger partial charge in [0.2, 0.25) is 11.8 Å². The number of carbonyl (C=O) groups is 2. The van der Waals surface area contributed by atoms with Gasteiger partial charge in [-0.2, -0.15) is 0 Å². The minimum absolute atomic E-state index is 0.240. The van der Waals surface area contributed by atoms with Gasteiger partial charge in [-0.05, 0) is 24.3 Å². The number of rotatable bonds is 9. The fourth-order valence-corrected chi connectivity index (χ4v) is 4.15. The molecular formula is C18H22N4O2S2. The van der Waals surface area contributed by atoms with Crippen LogP contribution in [0.5, 0.6) is 0 Å². The Kier molecular flexibility index (Phi) is 8.49. The van der Waals surface area contributed by atoms with Gasteiger partial charge in [-0.15, -0.1) is 0 Å². The van der Waals surface area contributed by atoms with E-state index in [0.29, 0.717) is 22.9 Å². The number of hydrogen-bond acceptors (Lipinski definition) is 6. The number of nitrogens with two attached hydrogens (primary N) is 2. The predicted octanol–water partition coefficient (Wildman–Crippen LogP) is 2.30. The summed E-state index contributed by atoms with van der Waals surface area (Å²) in [6.07, 6.45) is 0.